The molecule has 5 heteroatoms. The van der Waals surface area contributed by atoms with Crippen LogP contribution in [0.4, 0.5) is 0 Å². The van der Waals surface area contributed by atoms with Crippen molar-refractivity contribution in [2.24, 2.45) is 11.3 Å². The van der Waals surface area contributed by atoms with Crippen LogP contribution >= 0.6 is 0 Å². The van der Waals surface area contributed by atoms with Crippen molar-refractivity contribution in [3.8, 4) is 0 Å². The van der Waals surface area contributed by atoms with E-state index in [0.717, 1.165) is 12.8 Å². The maximum atomic E-state index is 12.5. The highest BCUT2D eigenvalue weighted by molar-refractivity contribution is 5.81. The first kappa shape index (κ1) is 19.2. The number of hydrogen-bond donors (Lipinski definition) is 1. The van der Waals surface area contributed by atoms with Crippen LogP contribution in [0.25, 0.3) is 0 Å². The van der Waals surface area contributed by atoms with E-state index in [1.807, 2.05) is 30.7 Å². The number of carbonyl (C=O) groups excluding carboxylic acids is 2. The van der Waals surface area contributed by atoms with Gasteiger partial charge in [0, 0.05) is 38.1 Å². The average Bonchev–Trinajstić information content (AvgIpc) is 2.89. The van der Waals surface area contributed by atoms with Gasteiger partial charge in [0.1, 0.15) is 0 Å². The van der Waals surface area contributed by atoms with E-state index in [2.05, 4.69) is 19.2 Å². The first-order valence-electron chi connectivity index (χ1n) is 9.50. The fourth-order valence-corrected chi connectivity index (χ4v) is 3.95. The number of rotatable bonds is 5. The zero-order chi connectivity index (χ0) is 17.9. The number of likely N-dealkylation sites (tertiary alicyclic amines) is 1. The highest BCUT2D eigenvalue weighted by atomic mass is 16.2. The van der Waals surface area contributed by atoms with E-state index in [-0.39, 0.29) is 23.8 Å². The monoisotopic (exact) mass is 337 g/mol. The zero-order valence-corrected chi connectivity index (χ0v) is 16.1. The van der Waals surface area contributed by atoms with Gasteiger partial charge < -0.3 is 15.1 Å². The Morgan fingerprint density at radius 2 is 1.83 bits per heavy atom. The third-order valence-corrected chi connectivity index (χ3v) is 6.08. The quantitative estimate of drug-likeness (QED) is 0.837. The molecular weight excluding hydrogens is 302 g/mol. The molecule has 2 amide bonds. The van der Waals surface area contributed by atoms with E-state index in [1.165, 1.54) is 19.3 Å². The Labute approximate surface area is 147 Å². The van der Waals surface area contributed by atoms with Crippen LogP contribution in [-0.2, 0) is 9.59 Å². The fourth-order valence-electron chi connectivity index (χ4n) is 3.95. The van der Waals surface area contributed by atoms with Gasteiger partial charge in [0.05, 0.1) is 6.54 Å². The van der Waals surface area contributed by atoms with Gasteiger partial charge in [0.15, 0.2) is 0 Å². The van der Waals surface area contributed by atoms with E-state index in [4.69, 9.17) is 0 Å². The first-order chi connectivity index (χ1) is 11.2. The summed E-state index contributed by atoms with van der Waals surface area (Å²) in [5.41, 5.74) is 0.293. The molecule has 2 rings (SSSR count). The van der Waals surface area contributed by atoms with Crippen molar-refractivity contribution in [1.82, 2.24) is 15.1 Å². The van der Waals surface area contributed by atoms with Crippen molar-refractivity contribution in [3.63, 3.8) is 0 Å². The van der Waals surface area contributed by atoms with Crippen LogP contribution in [0.3, 0.4) is 0 Å². The van der Waals surface area contributed by atoms with Crippen LogP contribution in [0.1, 0.15) is 59.8 Å². The molecule has 1 aliphatic carbocycles. The normalized spacial score (nSPS) is 24.4. The van der Waals surface area contributed by atoms with Gasteiger partial charge in [-0.25, -0.2) is 0 Å². The minimum atomic E-state index is 0.0724. The van der Waals surface area contributed by atoms with Crippen LogP contribution in [0.15, 0.2) is 0 Å². The van der Waals surface area contributed by atoms with Gasteiger partial charge in [-0.05, 0) is 44.9 Å². The Hall–Kier alpha value is -1.10. The highest BCUT2D eigenvalue weighted by Gasteiger charge is 2.35. The largest absolute Gasteiger partial charge is 0.343 e. The second-order valence-electron chi connectivity index (χ2n) is 8.51. The lowest BCUT2D eigenvalue weighted by atomic mass is 9.87. The molecule has 1 aliphatic heterocycles. The van der Waals surface area contributed by atoms with E-state index < -0.39 is 0 Å². The number of amides is 2. The van der Waals surface area contributed by atoms with Crippen molar-refractivity contribution >= 4 is 11.8 Å². The van der Waals surface area contributed by atoms with E-state index >= 15 is 0 Å². The maximum absolute atomic E-state index is 12.5. The lowest BCUT2D eigenvalue weighted by molar-refractivity contribution is -0.140. The SMILES string of the molecule is CC(C)N(C)C(=O)C1CCN(C(=O)CNC2CCCC2(C)C)CC1. The topological polar surface area (TPSA) is 52.7 Å². The molecule has 1 N–H and O–H groups in total. The predicted molar refractivity (Wildman–Crippen MR) is 96.6 cm³/mol. The molecule has 1 saturated heterocycles. The average molecular weight is 338 g/mol. The van der Waals surface area contributed by atoms with Gasteiger partial charge >= 0.3 is 0 Å². The van der Waals surface area contributed by atoms with Gasteiger partial charge in [0.2, 0.25) is 11.8 Å². The van der Waals surface area contributed by atoms with Crippen LogP contribution in [0.5, 0.6) is 0 Å². The molecule has 0 aromatic heterocycles. The van der Waals surface area contributed by atoms with Crippen LogP contribution in [-0.4, -0.2) is 60.4 Å². The molecule has 1 unspecified atom stereocenters. The number of hydrogen-bond acceptors (Lipinski definition) is 3. The van der Waals surface area contributed by atoms with Gasteiger partial charge in [-0.2, -0.15) is 0 Å². The Kier molecular flexibility index (Phi) is 6.29. The second kappa shape index (κ2) is 7.85. The van der Waals surface area contributed by atoms with Gasteiger partial charge in [0.25, 0.3) is 0 Å². The van der Waals surface area contributed by atoms with Crippen LogP contribution in [0, 0.1) is 11.3 Å². The van der Waals surface area contributed by atoms with Crippen LogP contribution in [0.2, 0.25) is 0 Å². The van der Waals surface area contributed by atoms with Crippen molar-refractivity contribution in [1.29, 1.82) is 0 Å². The van der Waals surface area contributed by atoms with Gasteiger partial charge in [-0.3, -0.25) is 9.59 Å². The summed E-state index contributed by atoms with van der Waals surface area (Å²) in [5.74, 6) is 0.479. The molecule has 0 spiro atoms. The number of carbonyl (C=O) groups is 2. The summed E-state index contributed by atoms with van der Waals surface area (Å²) in [4.78, 5) is 28.6. The van der Waals surface area contributed by atoms with Crippen LogP contribution < -0.4 is 5.32 Å². The molecule has 0 bridgehead atoms. The minimum absolute atomic E-state index is 0.0724. The molecule has 2 fully saturated rings. The molecule has 1 heterocycles. The zero-order valence-electron chi connectivity index (χ0n) is 16.1. The van der Waals surface area contributed by atoms with Crippen molar-refractivity contribution in [3.05, 3.63) is 0 Å². The van der Waals surface area contributed by atoms with Gasteiger partial charge in [-0.1, -0.05) is 20.3 Å². The van der Waals surface area contributed by atoms with E-state index in [9.17, 15) is 9.59 Å². The predicted octanol–water partition coefficient (Wildman–Crippen LogP) is 2.26. The number of piperidine rings is 1. The Morgan fingerprint density at radius 3 is 2.33 bits per heavy atom. The molecule has 5 nitrogen and oxygen atoms in total. The minimum Gasteiger partial charge on any atom is -0.343 e. The Bertz CT molecular complexity index is 454. The highest BCUT2D eigenvalue weighted by Crippen LogP contribution is 2.37. The lowest BCUT2D eigenvalue weighted by Gasteiger charge is -2.35. The third-order valence-electron chi connectivity index (χ3n) is 6.08. The summed E-state index contributed by atoms with van der Waals surface area (Å²) >= 11 is 0. The molecule has 0 radical (unpaired) electrons. The smallest absolute Gasteiger partial charge is 0.236 e. The lowest BCUT2D eigenvalue weighted by Crippen LogP contribution is -2.49. The third kappa shape index (κ3) is 4.50. The van der Waals surface area contributed by atoms with E-state index in [0.29, 0.717) is 31.1 Å². The standard InChI is InChI=1S/C19H35N3O2/c1-14(2)21(5)18(24)15-8-11-22(12-9-15)17(23)13-20-16-7-6-10-19(16,3)4/h14-16,20H,6-13H2,1-5H3. The van der Waals surface area contributed by atoms with Crippen molar-refractivity contribution in [2.75, 3.05) is 26.7 Å². The number of nitrogens with one attached hydrogen (secondary N) is 1. The summed E-state index contributed by atoms with van der Waals surface area (Å²) in [6.45, 7) is 10.5. The molecule has 0 aromatic carbocycles. The summed E-state index contributed by atoms with van der Waals surface area (Å²) in [6.07, 6.45) is 5.22. The fraction of sp³-hybridized carbons (Fsp3) is 0.895. The molecule has 2 aliphatic rings. The van der Waals surface area contributed by atoms with Crippen molar-refractivity contribution < 1.29 is 9.59 Å². The Balaban J connectivity index is 1.75. The molecule has 24 heavy (non-hydrogen) atoms. The summed E-state index contributed by atoms with van der Waals surface area (Å²) in [5, 5.41) is 3.47. The Morgan fingerprint density at radius 1 is 1.21 bits per heavy atom. The molecule has 138 valence electrons. The molecule has 0 aromatic rings. The van der Waals surface area contributed by atoms with E-state index in [1.54, 1.807) is 0 Å². The van der Waals surface area contributed by atoms with Crippen molar-refractivity contribution in [2.45, 2.75) is 71.9 Å². The summed E-state index contributed by atoms with van der Waals surface area (Å²) in [7, 11) is 1.87. The van der Waals surface area contributed by atoms with Gasteiger partial charge in [-0.15, -0.1) is 0 Å². The first-order valence-corrected chi connectivity index (χ1v) is 9.50. The summed E-state index contributed by atoms with van der Waals surface area (Å²) < 4.78 is 0. The molecule has 1 atom stereocenters. The molecular formula is C19H35N3O2. The number of nitrogens with zero attached hydrogens (tertiary/aromatic N) is 2. The maximum Gasteiger partial charge on any atom is 0.236 e. The second-order valence-corrected chi connectivity index (χ2v) is 8.51. The molecule has 1 saturated carbocycles. The summed E-state index contributed by atoms with van der Waals surface area (Å²) in [6, 6.07) is 0.677.